The van der Waals surface area contributed by atoms with Crippen LogP contribution in [0.25, 0.3) is 0 Å². The number of ether oxygens (including phenoxy) is 1. The second-order valence-corrected chi connectivity index (χ2v) is 16.9. The van der Waals surface area contributed by atoms with E-state index in [1.807, 2.05) is 0 Å². The normalized spacial score (nSPS) is 13.3. The predicted octanol–water partition coefficient (Wildman–Crippen LogP) is 14.2. The summed E-state index contributed by atoms with van der Waals surface area (Å²) in [7, 11) is 0. The van der Waals surface area contributed by atoms with Gasteiger partial charge in [0.2, 0.25) is 5.91 Å². The monoisotopic (exact) mass is 778 g/mol. The number of hydrogen-bond donors (Lipinski definition) is 3. The van der Waals surface area contributed by atoms with Crippen molar-refractivity contribution >= 4 is 11.9 Å². The van der Waals surface area contributed by atoms with Gasteiger partial charge < -0.3 is 20.3 Å². The minimum Gasteiger partial charge on any atom is -0.462 e. The van der Waals surface area contributed by atoms with Crippen molar-refractivity contribution in [3.63, 3.8) is 0 Å². The topological polar surface area (TPSA) is 95.9 Å². The molecule has 0 aliphatic rings. The first-order chi connectivity index (χ1) is 27.0. The second-order valence-electron chi connectivity index (χ2n) is 16.9. The Hall–Kier alpha value is -1.40. The minimum absolute atomic E-state index is 0.0820. The average Bonchev–Trinajstić information content (AvgIpc) is 3.18. The second kappa shape index (κ2) is 43.7. The van der Waals surface area contributed by atoms with Gasteiger partial charge in [0.1, 0.15) is 6.10 Å². The fraction of sp³-hybridized carbons (Fsp3) is 0.918. The summed E-state index contributed by atoms with van der Waals surface area (Å²) in [6, 6.07) is -0.693. The third kappa shape index (κ3) is 39.2. The molecule has 0 aromatic heterocycles. The van der Waals surface area contributed by atoms with E-state index in [1.54, 1.807) is 0 Å². The molecule has 1 amide bonds. The van der Waals surface area contributed by atoms with Crippen LogP contribution < -0.4 is 5.32 Å². The van der Waals surface area contributed by atoms with Crippen LogP contribution in [-0.2, 0) is 14.3 Å². The number of aliphatic hydroxyl groups is 2. The van der Waals surface area contributed by atoms with Crippen LogP contribution in [0.5, 0.6) is 0 Å². The molecule has 3 unspecified atom stereocenters. The van der Waals surface area contributed by atoms with Crippen LogP contribution in [0.15, 0.2) is 12.2 Å². The van der Waals surface area contributed by atoms with Gasteiger partial charge in [0.25, 0.3) is 0 Å². The molecule has 0 aliphatic carbocycles. The van der Waals surface area contributed by atoms with E-state index >= 15 is 0 Å². The zero-order valence-corrected chi connectivity index (χ0v) is 37.1. The van der Waals surface area contributed by atoms with Crippen LogP contribution in [0.2, 0.25) is 0 Å². The molecule has 55 heavy (non-hydrogen) atoms. The molecular formula is C49H95NO5. The van der Waals surface area contributed by atoms with Crippen LogP contribution >= 0.6 is 0 Å². The molecule has 0 rings (SSSR count). The lowest BCUT2D eigenvalue weighted by Crippen LogP contribution is -2.46. The minimum atomic E-state index is -0.780. The summed E-state index contributed by atoms with van der Waals surface area (Å²) < 4.78 is 5.91. The fourth-order valence-electron chi connectivity index (χ4n) is 7.60. The zero-order valence-electron chi connectivity index (χ0n) is 37.1. The first-order valence-corrected chi connectivity index (χ1v) is 24.4. The van der Waals surface area contributed by atoms with E-state index in [1.165, 1.54) is 173 Å². The lowest BCUT2D eigenvalue weighted by molar-refractivity contribution is -0.151. The molecule has 0 bridgehead atoms. The van der Waals surface area contributed by atoms with Gasteiger partial charge in [-0.3, -0.25) is 9.59 Å². The Morgan fingerprint density at radius 3 is 1.29 bits per heavy atom. The van der Waals surface area contributed by atoms with Crippen molar-refractivity contribution in [3.8, 4) is 0 Å². The smallest absolute Gasteiger partial charge is 0.306 e. The lowest BCUT2D eigenvalue weighted by Gasteiger charge is -2.24. The van der Waals surface area contributed by atoms with E-state index in [-0.39, 0.29) is 24.9 Å². The zero-order chi connectivity index (χ0) is 40.3. The molecule has 3 atom stereocenters. The average molecular weight is 778 g/mol. The molecule has 0 heterocycles. The molecule has 0 saturated carbocycles. The Morgan fingerprint density at radius 1 is 0.509 bits per heavy atom. The Balaban J connectivity index is 4.47. The highest BCUT2D eigenvalue weighted by atomic mass is 16.5. The standard InChI is InChI=1S/C49H95NO5/c1-4-7-10-13-16-19-21-22-23-24-25-26-27-30-33-36-39-42-49(54)55-45(40-37-34-31-29-20-17-14-11-8-5-2)43-48(53)50-46(44-51)47(52)41-38-35-32-28-18-15-12-9-6-3/h22-23,45-47,51-52H,4-21,24-44H2,1-3H3,(H,50,53)/b23-22+. The van der Waals surface area contributed by atoms with Crippen LogP contribution in [0.3, 0.4) is 0 Å². The number of hydrogen-bond acceptors (Lipinski definition) is 5. The van der Waals surface area contributed by atoms with Gasteiger partial charge in [-0.05, 0) is 51.4 Å². The van der Waals surface area contributed by atoms with E-state index in [2.05, 4.69) is 38.2 Å². The number of carbonyl (C=O) groups excluding carboxylic acids is 2. The Kier molecular flexibility index (Phi) is 42.6. The first-order valence-electron chi connectivity index (χ1n) is 24.4. The molecule has 3 N–H and O–H groups in total. The summed E-state index contributed by atoms with van der Waals surface area (Å²) in [6.07, 6.45) is 47.0. The maximum atomic E-state index is 13.1. The number of allylic oxidation sites excluding steroid dienone is 2. The summed E-state index contributed by atoms with van der Waals surface area (Å²) in [6.45, 7) is 6.46. The molecule has 326 valence electrons. The van der Waals surface area contributed by atoms with Crippen molar-refractivity contribution in [2.45, 2.75) is 283 Å². The van der Waals surface area contributed by atoms with Gasteiger partial charge in [0.05, 0.1) is 25.2 Å². The van der Waals surface area contributed by atoms with Gasteiger partial charge in [-0.2, -0.15) is 0 Å². The van der Waals surface area contributed by atoms with Crippen molar-refractivity contribution in [3.05, 3.63) is 12.2 Å². The number of unbranched alkanes of at least 4 members (excludes halogenated alkanes) is 30. The Morgan fingerprint density at radius 2 is 0.873 bits per heavy atom. The number of amides is 1. The van der Waals surface area contributed by atoms with Crippen LogP contribution in [0.1, 0.15) is 265 Å². The van der Waals surface area contributed by atoms with Crippen molar-refractivity contribution in [2.75, 3.05) is 6.61 Å². The molecule has 0 aromatic rings. The van der Waals surface area contributed by atoms with E-state index in [0.717, 1.165) is 44.9 Å². The SMILES string of the molecule is CCCCCCCC/C=C/CCCCCCCCCC(=O)OC(CCCCCCCCCCCC)CC(=O)NC(CO)C(O)CCCCCCCCCCC. The number of carbonyl (C=O) groups is 2. The third-order valence-corrected chi connectivity index (χ3v) is 11.3. The van der Waals surface area contributed by atoms with Gasteiger partial charge in [-0.25, -0.2) is 0 Å². The molecule has 0 aromatic carbocycles. The number of esters is 1. The van der Waals surface area contributed by atoms with Crippen molar-refractivity contribution in [1.29, 1.82) is 0 Å². The highest BCUT2D eigenvalue weighted by molar-refractivity contribution is 5.77. The number of rotatable bonds is 44. The third-order valence-electron chi connectivity index (χ3n) is 11.3. The highest BCUT2D eigenvalue weighted by Crippen LogP contribution is 2.18. The number of aliphatic hydroxyl groups excluding tert-OH is 2. The fourth-order valence-corrected chi connectivity index (χ4v) is 7.60. The first kappa shape index (κ1) is 53.6. The molecular weight excluding hydrogens is 683 g/mol. The van der Waals surface area contributed by atoms with Gasteiger partial charge in [0.15, 0.2) is 0 Å². The Bertz CT molecular complexity index is 832. The quantitative estimate of drug-likeness (QED) is 0.0325. The Labute approximate surface area is 342 Å². The van der Waals surface area contributed by atoms with E-state index in [4.69, 9.17) is 4.74 Å². The largest absolute Gasteiger partial charge is 0.462 e. The summed E-state index contributed by atoms with van der Waals surface area (Å²) in [5.41, 5.74) is 0. The molecule has 6 nitrogen and oxygen atoms in total. The molecule has 0 saturated heterocycles. The summed E-state index contributed by atoms with van der Waals surface area (Å²) in [4.78, 5) is 26.0. The van der Waals surface area contributed by atoms with Gasteiger partial charge in [-0.15, -0.1) is 0 Å². The molecule has 0 fully saturated rings. The van der Waals surface area contributed by atoms with Crippen LogP contribution in [-0.4, -0.2) is 46.9 Å². The van der Waals surface area contributed by atoms with Gasteiger partial charge in [0, 0.05) is 6.42 Å². The van der Waals surface area contributed by atoms with Gasteiger partial charge >= 0.3 is 5.97 Å². The molecule has 0 spiro atoms. The van der Waals surface area contributed by atoms with Crippen LogP contribution in [0, 0.1) is 0 Å². The maximum absolute atomic E-state index is 13.1. The summed E-state index contributed by atoms with van der Waals surface area (Å²) in [5, 5.41) is 23.6. The van der Waals surface area contributed by atoms with Crippen LogP contribution in [0.4, 0.5) is 0 Å². The predicted molar refractivity (Wildman–Crippen MR) is 237 cm³/mol. The van der Waals surface area contributed by atoms with E-state index in [9.17, 15) is 19.8 Å². The molecule has 6 heteroatoms. The molecule has 0 aliphatic heterocycles. The van der Waals surface area contributed by atoms with Gasteiger partial charge in [-0.1, -0.05) is 213 Å². The van der Waals surface area contributed by atoms with E-state index in [0.29, 0.717) is 19.3 Å². The lowest BCUT2D eigenvalue weighted by atomic mass is 10.0. The maximum Gasteiger partial charge on any atom is 0.306 e. The molecule has 0 radical (unpaired) electrons. The summed E-state index contributed by atoms with van der Waals surface area (Å²) >= 11 is 0. The van der Waals surface area contributed by atoms with Crippen molar-refractivity contribution in [1.82, 2.24) is 5.32 Å². The summed E-state index contributed by atoms with van der Waals surface area (Å²) in [5.74, 6) is -0.468. The number of nitrogens with one attached hydrogen (secondary N) is 1. The van der Waals surface area contributed by atoms with Crippen molar-refractivity contribution < 1.29 is 24.5 Å². The van der Waals surface area contributed by atoms with Crippen molar-refractivity contribution in [2.24, 2.45) is 0 Å². The van der Waals surface area contributed by atoms with E-state index < -0.39 is 18.2 Å². The highest BCUT2D eigenvalue weighted by Gasteiger charge is 2.24.